The maximum Gasteiger partial charge on any atom is 0.472 e. The van der Waals surface area contributed by atoms with Crippen LogP contribution in [0.1, 0.15) is 316 Å². The average Bonchev–Trinajstić information content (AvgIpc) is 3.70. The Hall–Kier alpha value is -3.33. The van der Waals surface area contributed by atoms with E-state index in [1.165, 1.54) is 180 Å². The van der Waals surface area contributed by atoms with Crippen molar-refractivity contribution in [2.45, 2.75) is 328 Å². The van der Waals surface area contributed by atoms with Gasteiger partial charge in [-0.1, -0.05) is 297 Å². The number of amides is 1. The van der Waals surface area contributed by atoms with Crippen molar-refractivity contribution in [2.24, 2.45) is 0 Å². The number of nitrogens with one attached hydrogen (secondary N) is 1. The Labute approximate surface area is 538 Å². The molecule has 0 aromatic rings. The second-order valence-corrected chi connectivity index (χ2v) is 26.8. The molecule has 0 spiro atoms. The fourth-order valence-electron chi connectivity index (χ4n) is 10.2. The lowest BCUT2D eigenvalue weighted by atomic mass is 10.0. The van der Waals surface area contributed by atoms with Gasteiger partial charge in [-0.15, -0.1) is 0 Å². The van der Waals surface area contributed by atoms with Crippen molar-refractivity contribution in [3.05, 3.63) is 109 Å². The van der Waals surface area contributed by atoms with Gasteiger partial charge in [0.1, 0.15) is 19.3 Å². The standard InChI is InChI=1S/C77H137N2O7P/c1-7-10-13-16-19-22-25-27-29-31-33-35-37-38-39-40-42-43-45-47-49-51-54-57-60-63-66-69-76(80)78-74(73-85-87(82,83)84-72-71-79(4,5)6)75(68-65-62-59-56-53-24-21-18-15-12-9-3)86-77(81)70-67-64-61-58-55-52-50-48-46-44-41-36-34-32-30-28-26-23-20-17-14-11-8-2/h10,13,19-20,22-23,27-30,33-36,38-39,65,68,74-75H,7-9,11-12,14-18,21,24-26,31-32,37,40-64,66-67,69-73H2,1-6H3,(H-,78,80,82,83)/p+1/b13-10-,22-19-,23-20-,29-27-,30-28-,35-33-,36-34-,39-38-,68-65-. The number of carbonyl (C=O) groups is 2. The molecule has 0 aromatic carbocycles. The fourth-order valence-corrected chi connectivity index (χ4v) is 10.9. The van der Waals surface area contributed by atoms with Crippen molar-refractivity contribution in [1.29, 1.82) is 0 Å². The number of rotatable bonds is 65. The molecule has 3 unspecified atom stereocenters. The maximum atomic E-state index is 13.6. The molecule has 3 atom stereocenters. The summed E-state index contributed by atoms with van der Waals surface area (Å²) < 4.78 is 30.8. The molecule has 0 heterocycles. The van der Waals surface area contributed by atoms with Crippen molar-refractivity contribution in [3.63, 3.8) is 0 Å². The largest absolute Gasteiger partial charge is 0.472 e. The first-order valence-electron chi connectivity index (χ1n) is 36.2. The number of phosphoric acid groups is 1. The molecule has 502 valence electrons. The monoisotopic (exact) mass is 1230 g/mol. The van der Waals surface area contributed by atoms with Gasteiger partial charge in [0.15, 0.2) is 0 Å². The Balaban J connectivity index is 5.01. The Bertz CT molecular complexity index is 1860. The van der Waals surface area contributed by atoms with Gasteiger partial charge in [-0.05, 0) is 115 Å². The molecule has 0 saturated carbocycles. The number of allylic oxidation sites excluding steroid dienone is 17. The number of hydrogen-bond acceptors (Lipinski definition) is 6. The van der Waals surface area contributed by atoms with Crippen molar-refractivity contribution in [1.82, 2.24) is 5.32 Å². The minimum absolute atomic E-state index is 0.0348. The normalized spacial score (nSPS) is 14.1. The Morgan fingerprint density at radius 3 is 1.13 bits per heavy atom. The van der Waals surface area contributed by atoms with E-state index in [-0.39, 0.29) is 31.5 Å². The van der Waals surface area contributed by atoms with E-state index in [9.17, 15) is 19.0 Å². The van der Waals surface area contributed by atoms with E-state index in [1.807, 2.05) is 33.3 Å². The van der Waals surface area contributed by atoms with Crippen molar-refractivity contribution in [2.75, 3.05) is 40.9 Å². The van der Waals surface area contributed by atoms with E-state index < -0.39 is 20.0 Å². The van der Waals surface area contributed by atoms with Gasteiger partial charge >= 0.3 is 13.8 Å². The molecule has 0 aliphatic rings. The van der Waals surface area contributed by atoms with E-state index in [2.05, 4.69) is 123 Å². The van der Waals surface area contributed by atoms with E-state index in [0.29, 0.717) is 17.4 Å². The van der Waals surface area contributed by atoms with Gasteiger partial charge in [0.25, 0.3) is 0 Å². The predicted octanol–water partition coefficient (Wildman–Crippen LogP) is 23.2. The minimum Gasteiger partial charge on any atom is -0.456 e. The van der Waals surface area contributed by atoms with E-state index in [4.69, 9.17) is 13.8 Å². The summed E-state index contributed by atoms with van der Waals surface area (Å²) in [4.78, 5) is 37.9. The van der Waals surface area contributed by atoms with E-state index >= 15 is 0 Å². The third-order valence-corrected chi connectivity index (χ3v) is 16.7. The van der Waals surface area contributed by atoms with Gasteiger partial charge in [-0.3, -0.25) is 18.6 Å². The number of esters is 1. The fraction of sp³-hybridized carbons (Fsp3) is 0.740. The predicted molar refractivity (Wildman–Crippen MR) is 378 cm³/mol. The molecule has 0 aromatic heterocycles. The van der Waals surface area contributed by atoms with Gasteiger partial charge < -0.3 is 19.4 Å². The third kappa shape index (κ3) is 66.9. The molecule has 87 heavy (non-hydrogen) atoms. The highest BCUT2D eigenvalue weighted by Crippen LogP contribution is 2.43. The van der Waals surface area contributed by atoms with Gasteiger partial charge in [0.05, 0.1) is 33.8 Å². The van der Waals surface area contributed by atoms with Crippen molar-refractivity contribution in [3.8, 4) is 0 Å². The van der Waals surface area contributed by atoms with Crippen LogP contribution >= 0.6 is 7.82 Å². The van der Waals surface area contributed by atoms with E-state index in [1.54, 1.807) is 0 Å². The van der Waals surface area contributed by atoms with Crippen LogP contribution in [0.15, 0.2) is 109 Å². The van der Waals surface area contributed by atoms with Gasteiger partial charge in [0.2, 0.25) is 5.91 Å². The summed E-state index contributed by atoms with van der Waals surface area (Å²) in [5.41, 5.74) is 0. The molecular formula is C77H138N2O7P+. The number of phosphoric ester groups is 1. The summed E-state index contributed by atoms with van der Waals surface area (Å²) >= 11 is 0. The smallest absolute Gasteiger partial charge is 0.456 e. The van der Waals surface area contributed by atoms with Crippen LogP contribution in [0, 0.1) is 0 Å². The Kier molecular flexibility index (Phi) is 63.1. The van der Waals surface area contributed by atoms with Crippen molar-refractivity contribution < 1.29 is 37.3 Å². The molecule has 0 radical (unpaired) electrons. The minimum atomic E-state index is -4.46. The number of hydrogen-bond donors (Lipinski definition) is 2. The molecule has 1 amide bonds. The highest BCUT2D eigenvalue weighted by molar-refractivity contribution is 7.47. The summed E-state index contributed by atoms with van der Waals surface area (Å²) in [6.07, 6.45) is 91.0. The SMILES string of the molecule is CC/C=C\C/C=C\C/C=C\C/C=C\C/C=C\CCCCCCCCCCCCCC(=O)NC(COP(=O)(O)OCC[N+](C)(C)C)C(/C=C\CCCCCCCCCCC)OC(=O)CCCCCCCCCCCC/C=C\C/C=C\C/C=C\CCCCC. The summed E-state index contributed by atoms with van der Waals surface area (Å²) in [5, 5.41) is 3.07. The highest BCUT2D eigenvalue weighted by Gasteiger charge is 2.30. The van der Waals surface area contributed by atoms with Crippen LogP contribution in [-0.4, -0.2) is 74.3 Å². The van der Waals surface area contributed by atoms with Crippen LogP contribution in [-0.2, 0) is 27.9 Å². The number of ether oxygens (including phenoxy) is 1. The first kappa shape index (κ1) is 83.7. The zero-order valence-corrected chi connectivity index (χ0v) is 58.4. The van der Waals surface area contributed by atoms with Crippen LogP contribution in [0.5, 0.6) is 0 Å². The number of quaternary nitrogens is 1. The van der Waals surface area contributed by atoms with Gasteiger partial charge in [-0.25, -0.2) is 4.57 Å². The van der Waals surface area contributed by atoms with Gasteiger partial charge in [-0.2, -0.15) is 0 Å². The zero-order valence-electron chi connectivity index (χ0n) is 57.5. The molecule has 0 bridgehead atoms. The summed E-state index contributed by atoms with van der Waals surface area (Å²) in [6.45, 7) is 6.88. The molecule has 0 aliphatic heterocycles. The number of carbonyl (C=O) groups excluding carboxylic acids is 2. The topological polar surface area (TPSA) is 111 Å². The van der Waals surface area contributed by atoms with Crippen LogP contribution in [0.4, 0.5) is 0 Å². The second kappa shape index (κ2) is 65.6. The summed E-state index contributed by atoms with van der Waals surface area (Å²) in [6, 6.07) is -0.859. The van der Waals surface area contributed by atoms with Crippen LogP contribution < -0.4 is 5.32 Å². The molecule has 9 nitrogen and oxygen atoms in total. The highest BCUT2D eigenvalue weighted by atomic mass is 31.2. The lowest BCUT2D eigenvalue weighted by Crippen LogP contribution is -2.47. The molecule has 0 saturated heterocycles. The molecule has 0 fully saturated rings. The molecule has 0 aliphatic carbocycles. The van der Waals surface area contributed by atoms with Crippen LogP contribution in [0.2, 0.25) is 0 Å². The van der Waals surface area contributed by atoms with E-state index in [0.717, 1.165) is 103 Å². The first-order chi connectivity index (χ1) is 42.4. The Morgan fingerprint density at radius 1 is 0.414 bits per heavy atom. The van der Waals surface area contributed by atoms with Crippen molar-refractivity contribution >= 4 is 19.7 Å². The number of likely N-dealkylation sites (N-methyl/N-ethyl adjacent to an activating group) is 1. The lowest BCUT2D eigenvalue weighted by Gasteiger charge is -2.27. The number of nitrogens with zero attached hydrogens (tertiary/aromatic N) is 1. The third-order valence-electron chi connectivity index (χ3n) is 15.7. The molecule has 0 rings (SSSR count). The molecule has 2 N–H and O–H groups in total. The molecular weight excluding hydrogens is 1100 g/mol. The number of unbranched alkanes of at least 4 members (excludes halogenated alkanes) is 33. The summed E-state index contributed by atoms with van der Waals surface area (Å²) in [7, 11) is 1.49. The molecule has 10 heteroatoms. The lowest BCUT2D eigenvalue weighted by molar-refractivity contribution is -0.870. The first-order valence-corrected chi connectivity index (χ1v) is 37.7. The second-order valence-electron chi connectivity index (χ2n) is 25.4. The average molecular weight is 1230 g/mol. The maximum absolute atomic E-state index is 13.6. The van der Waals surface area contributed by atoms with Gasteiger partial charge in [0, 0.05) is 12.8 Å². The quantitative estimate of drug-likeness (QED) is 0.0205. The Morgan fingerprint density at radius 2 is 0.736 bits per heavy atom. The van der Waals surface area contributed by atoms with Crippen LogP contribution in [0.3, 0.4) is 0 Å². The van der Waals surface area contributed by atoms with Crippen LogP contribution in [0.25, 0.3) is 0 Å². The summed E-state index contributed by atoms with van der Waals surface area (Å²) in [5.74, 6) is -0.511. The zero-order chi connectivity index (χ0) is 63.5.